The van der Waals surface area contributed by atoms with Gasteiger partial charge in [0.25, 0.3) is 0 Å². The summed E-state index contributed by atoms with van der Waals surface area (Å²) in [6, 6.07) is 22.8. The zero-order valence-corrected chi connectivity index (χ0v) is 14.2. The molecule has 4 rings (SSSR count). The fraction of sp³-hybridized carbons (Fsp3) is 0.250. The van der Waals surface area contributed by atoms with Crippen LogP contribution in [0.2, 0.25) is 0 Å². The molecule has 0 saturated carbocycles. The molecule has 2 aromatic carbocycles. The number of benzene rings is 2. The average Bonchev–Trinajstić information content (AvgIpc) is 3.21. The minimum Gasteiger partial charge on any atom is -0.276 e. The molecule has 0 bridgehead atoms. The van der Waals surface area contributed by atoms with Gasteiger partial charge in [0, 0.05) is 17.1 Å². The molecule has 0 N–H and O–H groups in total. The molecular weight excluding hydrogens is 300 g/mol. The largest absolute Gasteiger partial charge is 0.276 e. The van der Waals surface area contributed by atoms with Crippen LogP contribution in [-0.2, 0) is 0 Å². The molecule has 0 spiro atoms. The Bertz CT molecular complexity index is 782. The van der Waals surface area contributed by atoms with E-state index in [-0.39, 0.29) is 0 Å². The van der Waals surface area contributed by atoms with Gasteiger partial charge in [0.2, 0.25) is 0 Å². The van der Waals surface area contributed by atoms with Gasteiger partial charge < -0.3 is 0 Å². The summed E-state index contributed by atoms with van der Waals surface area (Å²) in [5.74, 6) is 0. The number of nitrogens with zero attached hydrogens (tertiary/aromatic N) is 2. The SMILES string of the molecule is Cc1csc([C@H]2[C@@H](c3ccccc3)N2[C@H](C)c2ccccc2)n1. The van der Waals surface area contributed by atoms with E-state index in [0.717, 1.165) is 5.69 Å². The number of hydrogen-bond donors (Lipinski definition) is 0. The van der Waals surface area contributed by atoms with Crippen molar-refractivity contribution >= 4 is 11.3 Å². The van der Waals surface area contributed by atoms with E-state index in [2.05, 4.69) is 84.8 Å². The lowest BCUT2D eigenvalue weighted by Gasteiger charge is -2.15. The van der Waals surface area contributed by atoms with Crippen LogP contribution in [0.4, 0.5) is 0 Å². The van der Waals surface area contributed by atoms with Gasteiger partial charge in [0.1, 0.15) is 5.01 Å². The molecule has 23 heavy (non-hydrogen) atoms. The minimum atomic E-state index is 0.385. The summed E-state index contributed by atoms with van der Waals surface area (Å²) in [6.07, 6.45) is 0. The average molecular weight is 320 g/mol. The van der Waals surface area contributed by atoms with Crippen LogP contribution in [0.1, 0.15) is 46.9 Å². The Morgan fingerprint density at radius 2 is 1.61 bits per heavy atom. The highest BCUT2D eigenvalue weighted by molar-refractivity contribution is 7.09. The third kappa shape index (κ3) is 2.71. The second-order valence-electron chi connectivity index (χ2n) is 6.16. The lowest BCUT2D eigenvalue weighted by atomic mass is 10.1. The van der Waals surface area contributed by atoms with Crippen molar-refractivity contribution in [3.8, 4) is 0 Å². The van der Waals surface area contributed by atoms with Crippen LogP contribution in [-0.4, -0.2) is 9.88 Å². The maximum atomic E-state index is 4.75. The van der Waals surface area contributed by atoms with Crippen LogP contribution < -0.4 is 0 Å². The zero-order valence-electron chi connectivity index (χ0n) is 13.4. The third-order valence-corrected chi connectivity index (χ3v) is 5.65. The van der Waals surface area contributed by atoms with Crippen molar-refractivity contribution in [3.63, 3.8) is 0 Å². The summed E-state index contributed by atoms with van der Waals surface area (Å²) in [5, 5.41) is 3.39. The number of rotatable bonds is 4. The molecule has 1 saturated heterocycles. The van der Waals surface area contributed by atoms with Gasteiger partial charge in [-0.15, -0.1) is 11.3 Å². The fourth-order valence-electron chi connectivity index (χ4n) is 3.41. The van der Waals surface area contributed by atoms with E-state index in [4.69, 9.17) is 4.98 Å². The van der Waals surface area contributed by atoms with Crippen molar-refractivity contribution in [1.29, 1.82) is 0 Å². The molecule has 0 aliphatic carbocycles. The van der Waals surface area contributed by atoms with Gasteiger partial charge in [0.15, 0.2) is 0 Å². The maximum Gasteiger partial charge on any atom is 0.112 e. The predicted octanol–water partition coefficient (Wildman–Crippen LogP) is 5.31. The van der Waals surface area contributed by atoms with Crippen LogP contribution in [0.15, 0.2) is 66.0 Å². The van der Waals surface area contributed by atoms with Gasteiger partial charge in [0.05, 0.1) is 12.1 Å². The quantitative estimate of drug-likeness (QED) is 0.605. The van der Waals surface area contributed by atoms with Crippen LogP contribution in [0.5, 0.6) is 0 Å². The van der Waals surface area contributed by atoms with Crippen LogP contribution in [0, 0.1) is 6.92 Å². The first kappa shape index (κ1) is 14.6. The first-order chi connectivity index (χ1) is 11.3. The molecule has 1 aliphatic heterocycles. The molecule has 0 amide bonds. The second-order valence-corrected chi connectivity index (χ2v) is 7.05. The van der Waals surface area contributed by atoms with Crippen molar-refractivity contribution in [2.75, 3.05) is 0 Å². The molecule has 2 heterocycles. The zero-order chi connectivity index (χ0) is 15.8. The first-order valence-electron chi connectivity index (χ1n) is 8.05. The molecular formula is C20H20N2S. The number of hydrogen-bond acceptors (Lipinski definition) is 3. The Balaban J connectivity index is 1.68. The molecule has 3 heteroatoms. The molecule has 1 aliphatic rings. The number of aryl methyl sites for hydroxylation is 1. The van der Waals surface area contributed by atoms with Gasteiger partial charge in [-0.05, 0) is 25.0 Å². The topological polar surface area (TPSA) is 15.9 Å². The highest BCUT2D eigenvalue weighted by Gasteiger charge is 2.53. The summed E-state index contributed by atoms with van der Waals surface area (Å²) in [7, 11) is 0. The summed E-state index contributed by atoms with van der Waals surface area (Å²) >= 11 is 1.78. The van der Waals surface area contributed by atoms with Crippen molar-refractivity contribution < 1.29 is 0 Å². The molecule has 1 fully saturated rings. The summed E-state index contributed by atoms with van der Waals surface area (Å²) in [4.78, 5) is 7.32. The van der Waals surface area contributed by atoms with E-state index in [1.807, 2.05) is 0 Å². The van der Waals surface area contributed by atoms with Crippen molar-refractivity contribution in [1.82, 2.24) is 9.88 Å². The molecule has 116 valence electrons. The van der Waals surface area contributed by atoms with E-state index in [9.17, 15) is 0 Å². The second kappa shape index (κ2) is 5.91. The summed E-state index contributed by atoms with van der Waals surface area (Å²) in [5.41, 5.74) is 3.87. The Hall–Kier alpha value is -1.97. The maximum absolute atomic E-state index is 4.75. The van der Waals surface area contributed by atoms with Crippen molar-refractivity contribution in [3.05, 3.63) is 87.9 Å². The molecule has 2 nitrogen and oxygen atoms in total. The van der Waals surface area contributed by atoms with E-state index >= 15 is 0 Å². The van der Waals surface area contributed by atoms with Crippen LogP contribution in [0.25, 0.3) is 0 Å². The molecule has 4 atom stereocenters. The number of aromatic nitrogens is 1. The van der Waals surface area contributed by atoms with Crippen molar-refractivity contribution in [2.24, 2.45) is 0 Å². The Labute approximate surface area is 141 Å². The third-order valence-electron chi connectivity index (χ3n) is 4.61. The Kier molecular flexibility index (Phi) is 3.76. The van der Waals surface area contributed by atoms with Gasteiger partial charge in [-0.3, -0.25) is 4.90 Å². The lowest BCUT2D eigenvalue weighted by molar-refractivity contribution is 0.386. The molecule has 3 aromatic rings. The van der Waals surface area contributed by atoms with Crippen LogP contribution >= 0.6 is 11.3 Å². The molecule has 1 aromatic heterocycles. The lowest BCUT2D eigenvalue weighted by Crippen LogP contribution is -2.07. The molecule has 0 radical (unpaired) electrons. The number of thiazole rings is 1. The summed E-state index contributed by atoms with van der Waals surface area (Å²) < 4.78 is 0. The van der Waals surface area contributed by atoms with E-state index in [1.54, 1.807) is 11.3 Å². The van der Waals surface area contributed by atoms with E-state index < -0.39 is 0 Å². The fourth-order valence-corrected chi connectivity index (χ4v) is 4.34. The normalized spacial score (nSPS) is 24.3. The molecule has 1 unspecified atom stereocenters. The van der Waals surface area contributed by atoms with E-state index in [1.165, 1.54) is 16.1 Å². The Morgan fingerprint density at radius 1 is 0.957 bits per heavy atom. The first-order valence-corrected chi connectivity index (χ1v) is 8.93. The van der Waals surface area contributed by atoms with Gasteiger partial charge >= 0.3 is 0 Å². The predicted molar refractivity (Wildman–Crippen MR) is 95.5 cm³/mol. The minimum absolute atomic E-state index is 0.385. The van der Waals surface area contributed by atoms with E-state index in [0.29, 0.717) is 18.1 Å². The van der Waals surface area contributed by atoms with Crippen molar-refractivity contribution in [2.45, 2.75) is 32.0 Å². The highest BCUT2D eigenvalue weighted by atomic mass is 32.1. The van der Waals surface area contributed by atoms with Crippen LogP contribution in [0.3, 0.4) is 0 Å². The highest BCUT2D eigenvalue weighted by Crippen LogP contribution is 2.59. The van der Waals surface area contributed by atoms with Gasteiger partial charge in [-0.1, -0.05) is 60.7 Å². The summed E-state index contributed by atoms with van der Waals surface area (Å²) in [6.45, 7) is 4.37. The standard InChI is InChI=1S/C20H20N2S/c1-14-13-23-20(21-14)19-18(17-11-7-4-8-12-17)22(19)15(2)16-9-5-3-6-10-16/h3-13,15,18-19H,1-2H3/t15-,18-,19-,22?/m1/s1. The monoisotopic (exact) mass is 320 g/mol. The van der Waals surface area contributed by atoms with Gasteiger partial charge in [-0.25, -0.2) is 4.98 Å². The Morgan fingerprint density at radius 3 is 2.22 bits per heavy atom. The van der Waals surface area contributed by atoms with Gasteiger partial charge in [-0.2, -0.15) is 0 Å². The smallest absolute Gasteiger partial charge is 0.112 e.